The molecule has 0 N–H and O–H groups in total. The lowest BCUT2D eigenvalue weighted by molar-refractivity contribution is -0.116. The first kappa shape index (κ1) is 20.3. The summed E-state index contributed by atoms with van der Waals surface area (Å²) < 4.78 is 18.8. The van der Waals surface area contributed by atoms with E-state index in [1.54, 1.807) is 37.5 Å². The van der Waals surface area contributed by atoms with Crippen molar-refractivity contribution in [1.82, 2.24) is 24.6 Å². The third kappa shape index (κ3) is 3.12. The maximum absolute atomic E-state index is 13.2. The van der Waals surface area contributed by atoms with Gasteiger partial charge >= 0.3 is 0 Å². The van der Waals surface area contributed by atoms with Crippen LogP contribution in [-0.4, -0.2) is 44.6 Å². The average molecular weight is 455 g/mol. The molecule has 0 fully saturated rings. The van der Waals surface area contributed by atoms with Crippen LogP contribution in [0, 0.1) is 0 Å². The summed E-state index contributed by atoms with van der Waals surface area (Å²) in [6.07, 6.45) is 6.90. The minimum atomic E-state index is -0.419. The fourth-order valence-electron chi connectivity index (χ4n) is 4.71. The van der Waals surface area contributed by atoms with Gasteiger partial charge in [0.2, 0.25) is 5.88 Å². The number of nitrogens with zero attached hydrogens (tertiary/aromatic N) is 5. The zero-order valence-corrected chi connectivity index (χ0v) is 18.7. The van der Waals surface area contributed by atoms with E-state index in [0.717, 1.165) is 17.5 Å². The van der Waals surface area contributed by atoms with Crippen LogP contribution < -0.4 is 14.2 Å². The van der Waals surface area contributed by atoms with Crippen molar-refractivity contribution in [1.29, 1.82) is 0 Å². The molecule has 0 spiro atoms. The molecule has 0 bridgehead atoms. The summed E-state index contributed by atoms with van der Waals surface area (Å²) >= 11 is 0. The van der Waals surface area contributed by atoms with Crippen molar-refractivity contribution >= 4 is 11.4 Å². The van der Waals surface area contributed by atoms with Crippen molar-refractivity contribution in [2.24, 2.45) is 0 Å². The number of aromatic nitrogens is 5. The molecule has 1 aromatic carbocycles. The zero-order valence-electron chi connectivity index (χ0n) is 18.7. The first-order chi connectivity index (χ1) is 16.7. The number of Topliss-reactive ketones (excluding diaryl/α,β-unsaturated/α-hetero) is 1. The number of rotatable bonds is 4. The SMILES string of the molecule is COc1ccc([C@H]2C3=C(CCCC3=O)Oc3ncn4nc(-c5ccncc5)nc4c32)cc1OC. The molecular weight excluding hydrogens is 434 g/mol. The number of allylic oxidation sites excluding steroid dienone is 2. The van der Waals surface area contributed by atoms with Gasteiger partial charge in [0, 0.05) is 36.4 Å². The number of ketones is 1. The van der Waals surface area contributed by atoms with Crippen molar-refractivity contribution in [3.63, 3.8) is 0 Å². The molecule has 0 saturated carbocycles. The van der Waals surface area contributed by atoms with Gasteiger partial charge in [-0.2, -0.15) is 0 Å². The van der Waals surface area contributed by atoms with Crippen LogP contribution in [0.15, 0.2) is 60.4 Å². The molecule has 9 nitrogen and oxygen atoms in total. The Morgan fingerprint density at radius 2 is 1.88 bits per heavy atom. The van der Waals surface area contributed by atoms with E-state index in [1.807, 2.05) is 30.3 Å². The molecule has 3 aromatic heterocycles. The molecule has 0 amide bonds. The first-order valence-electron chi connectivity index (χ1n) is 11.0. The van der Waals surface area contributed by atoms with E-state index < -0.39 is 5.92 Å². The largest absolute Gasteiger partial charge is 0.493 e. The molecular formula is C25H21N5O4. The van der Waals surface area contributed by atoms with Crippen molar-refractivity contribution in [3.05, 3.63) is 71.5 Å². The number of ether oxygens (including phenoxy) is 3. The van der Waals surface area contributed by atoms with Gasteiger partial charge in [0.25, 0.3) is 0 Å². The first-order valence-corrected chi connectivity index (χ1v) is 11.0. The highest BCUT2D eigenvalue weighted by Gasteiger charge is 2.40. The molecule has 2 aliphatic rings. The molecule has 9 heteroatoms. The molecule has 6 rings (SSSR count). The maximum atomic E-state index is 13.2. The summed E-state index contributed by atoms with van der Waals surface area (Å²) in [4.78, 5) is 26.6. The van der Waals surface area contributed by atoms with Crippen molar-refractivity contribution in [2.75, 3.05) is 14.2 Å². The fraction of sp³-hybridized carbons (Fsp3) is 0.240. The highest BCUT2D eigenvalue weighted by atomic mass is 16.5. The summed E-state index contributed by atoms with van der Waals surface area (Å²) in [5.74, 6) is 2.50. The summed E-state index contributed by atoms with van der Waals surface area (Å²) in [7, 11) is 3.19. The van der Waals surface area contributed by atoms with E-state index in [1.165, 1.54) is 0 Å². The normalized spacial score (nSPS) is 17.2. The van der Waals surface area contributed by atoms with E-state index in [4.69, 9.17) is 19.2 Å². The summed E-state index contributed by atoms with van der Waals surface area (Å²) in [6, 6.07) is 9.38. The number of benzene rings is 1. The maximum Gasteiger partial charge on any atom is 0.228 e. The molecule has 4 heterocycles. The van der Waals surface area contributed by atoms with E-state index >= 15 is 0 Å². The van der Waals surface area contributed by atoms with Gasteiger partial charge in [-0.3, -0.25) is 9.78 Å². The Kier molecular flexibility index (Phi) is 4.75. The summed E-state index contributed by atoms with van der Waals surface area (Å²) in [5, 5.41) is 4.62. The number of fused-ring (bicyclic) bond motifs is 3. The number of carbonyl (C=O) groups excluding carboxylic acids is 1. The van der Waals surface area contributed by atoms with Gasteiger partial charge in [-0.1, -0.05) is 6.07 Å². The molecule has 1 aliphatic heterocycles. The van der Waals surface area contributed by atoms with Gasteiger partial charge in [-0.25, -0.2) is 14.5 Å². The van der Waals surface area contributed by atoms with Crippen molar-refractivity contribution < 1.29 is 19.0 Å². The molecule has 0 unspecified atom stereocenters. The van der Waals surface area contributed by atoms with Gasteiger partial charge in [0.1, 0.15) is 12.1 Å². The van der Waals surface area contributed by atoms with Crippen LogP contribution in [0.4, 0.5) is 0 Å². The Labute approximate surface area is 195 Å². The lowest BCUT2D eigenvalue weighted by atomic mass is 9.78. The molecule has 0 radical (unpaired) electrons. The Morgan fingerprint density at radius 3 is 2.68 bits per heavy atom. The van der Waals surface area contributed by atoms with Crippen LogP contribution in [-0.2, 0) is 4.79 Å². The smallest absolute Gasteiger partial charge is 0.228 e. The van der Waals surface area contributed by atoms with Crippen LogP contribution in [0.5, 0.6) is 17.4 Å². The molecule has 0 saturated heterocycles. The lowest BCUT2D eigenvalue weighted by Crippen LogP contribution is -2.26. The molecule has 34 heavy (non-hydrogen) atoms. The van der Waals surface area contributed by atoms with E-state index in [0.29, 0.717) is 58.6 Å². The zero-order chi connectivity index (χ0) is 23.2. The predicted molar refractivity (Wildman–Crippen MR) is 122 cm³/mol. The molecule has 170 valence electrons. The quantitative estimate of drug-likeness (QED) is 0.459. The number of pyridine rings is 1. The standard InChI is InChI=1S/C25H21N5O4/c1-32-17-7-6-15(12-19(17)33-2)20-21-16(31)4-3-5-18(21)34-25-22(20)24-28-23(29-30(24)13-27-25)14-8-10-26-11-9-14/h6-13,20H,3-5H2,1-2H3/t20-/m0/s1. The topological polar surface area (TPSA) is 101 Å². The third-order valence-corrected chi connectivity index (χ3v) is 6.27. The van der Waals surface area contributed by atoms with Crippen molar-refractivity contribution in [3.8, 4) is 28.8 Å². The van der Waals surface area contributed by atoms with Crippen molar-refractivity contribution in [2.45, 2.75) is 25.2 Å². The van der Waals surface area contributed by atoms with Gasteiger partial charge in [0.05, 0.1) is 25.7 Å². The van der Waals surface area contributed by atoms with Gasteiger partial charge in [-0.15, -0.1) is 5.10 Å². The second kappa shape index (κ2) is 7.95. The minimum absolute atomic E-state index is 0.0718. The minimum Gasteiger partial charge on any atom is -0.493 e. The average Bonchev–Trinajstić information content (AvgIpc) is 3.32. The van der Waals surface area contributed by atoms with Crippen LogP contribution in [0.3, 0.4) is 0 Å². The van der Waals surface area contributed by atoms with Crippen LogP contribution in [0.1, 0.15) is 36.3 Å². The summed E-state index contributed by atoms with van der Waals surface area (Å²) in [6.45, 7) is 0. The van der Waals surface area contributed by atoms with E-state index in [2.05, 4.69) is 15.1 Å². The number of hydrogen-bond acceptors (Lipinski definition) is 8. The predicted octanol–water partition coefficient (Wildman–Crippen LogP) is 3.73. The fourth-order valence-corrected chi connectivity index (χ4v) is 4.71. The third-order valence-electron chi connectivity index (χ3n) is 6.27. The lowest BCUT2D eigenvalue weighted by Gasteiger charge is -2.32. The van der Waals surface area contributed by atoms with Gasteiger partial charge < -0.3 is 14.2 Å². The molecule has 4 aromatic rings. The molecule has 1 atom stereocenters. The second-order valence-electron chi connectivity index (χ2n) is 8.17. The van der Waals surface area contributed by atoms with Gasteiger partial charge in [0.15, 0.2) is 28.8 Å². The Balaban J connectivity index is 1.61. The number of methoxy groups -OCH3 is 2. The number of carbonyl (C=O) groups is 1. The Morgan fingerprint density at radius 1 is 1.06 bits per heavy atom. The van der Waals surface area contributed by atoms with E-state index in [-0.39, 0.29) is 5.78 Å². The Hall–Kier alpha value is -4.27. The Bertz CT molecular complexity index is 1460. The number of hydrogen-bond donors (Lipinski definition) is 0. The van der Waals surface area contributed by atoms with Crippen LogP contribution in [0.25, 0.3) is 17.0 Å². The van der Waals surface area contributed by atoms with Crippen LogP contribution >= 0.6 is 0 Å². The summed E-state index contributed by atoms with van der Waals surface area (Å²) in [5.41, 5.74) is 3.64. The van der Waals surface area contributed by atoms with Gasteiger partial charge in [-0.05, 0) is 36.2 Å². The highest BCUT2D eigenvalue weighted by molar-refractivity contribution is 6.00. The van der Waals surface area contributed by atoms with E-state index in [9.17, 15) is 4.79 Å². The monoisotopic (exact) mass is 455 g/mol. The molecule has 1 aliphatic carbocycles. The second-order valence-corrected chi connectivity index (χ2v) is 8.17. The van der Waals surface area contributed by atoms with Crippen LogP contribution in [0.2, 0.25) is 0 Å². The highest BCUT2D eigenvalue weighted by Crippen LogP contribution is 2.48.